The predicted octanol–water partition coefficient (Wildman–Crippen LogP) is 2.69. The summed E-state index contributed by atoms with van der Waals surface area (Å²) in [5, 5.41) is 0. The SMILES string of the molecule is Cl.Cl.NC1CCCN(C(=O)C2CCCN(Cc3ccccc3)C2)C1. The van der Waals surface area contributed by atoms with Gasteiger partial charge >= 0.3 is 0 Å². The number of carbonyl (C=O) groups excluding carboxylic acids is 1. The van der Waals surface area contributed by atoms with Crippen LogP contribution in [-0.4, -0.2) is 47.9 Å². The maximum absolute atomic E-state index is 12.7. The van der Waals surface area contributed by atoms with E-state index in [-0.39, 0.29) is 36.8 Å². The van der Waals surface area contributed by atoms with E-state index in [2.05, 4.69) is 29.2 Å². The molecule has 24 heavy (non-hydrogen) atoms. The first kappa shape index (κ1) is 21.2. The predicted molar refractivity (Wildman–Crippen MR) is 103 cm³/mol. The highest BCUT2D eigenvalue weighted by atomic mass is 35.5. The first-order valence-electron chi connectivity index (χ1n) is 8.53. The minimum Gasteiger partial charge on any atom is -0.341 e. The van der Waals surface area contributed by atoms with Gasteiger partial charge in [0.1, 0.15) is 0 Å². The smallest absolute Gasteiger partial charge is 0.227 e. The molecular weight excluding hydrogens is 345 g/mol. The van der Waals surface area contributed by atoms with Crippen molar-refractivity contribution in [3.63, 3.8) is 0 Å². The summed E-state index contributed by atoms with van der Waals surface area (Å²) < 4.78 is 0. The molecule has 2 heterocycles. The van der Waals surface area contributed by atoms with E-state index in [1.807, 2.05) is 11.0 Å². The molecule has 2 N–H and O–H groups in total. The summed E-state index contributed by atoms with van der Waals surface area (Å²) in [4.78, 5) is 17.2. The normalized spacial score (nSPS) is 24.6. The largest absolute Gasteiger partial charge is 0.341 e. The van der Waals surface area contributed by atoms with Crippen molar-refractivity contribution in [3.05, 3.63) is 35.9 Å². The second-order valence-electron chi connectivity index (χ2n) is 6.75. The summed E-state index contributed by atoms with van der Waals surface area (Å²) in [5.74, 6) is 0.482. The van der Waals surface area contributed by atoms with Crippen LogP contribution in [0.5, 0.6) is 0 Å². The van der Waals surface area contributed by atoms with Gasteiger partial charge in [0.15, 0.2) is 0 Å². The lowest BCUT2D eigenvalue weighted by atomic mass is 9.94. The fourth-order valence-corrected chi connectivity index (χ4v) is 3.71. The second-order valence-corrected chi connectivity index (χ2v) is 6.75. The van der Waals surface area contributed by atoms with Gasteiger partial charge in [-0.05, 0) is 37.8 Å². The molecule has 1 amide bonds. The molecule has 2 fully saturated rings. The van der Waals surface area contributed by atoms with E-state index in [1.54, 1.807) is 0 Å². The molecule has 1 aromatic rings. The maximum atomic E-state index is 12.7. The summed E-state index contributed by atoms with van der Waals surface area (Å²) in [5.41, 5.74) is 7.35. The van der Waals surface area contributed by atoms with Gasteiger partial charge in [0, 0.05) is 32.2 Å². The second kappa shape index (κ2) is 10.2. The van der Waals surface area contributed by atoms with E-state index in [9.17, 15) is 4.79 Å². The van der Waals surface area contributed by atoms with Crippen LogP contribution in [0.25, 0.3) is 0 Å². The number of piperidine rings is 2. The third-order valence-corrected chi connectivity index (χ3v) is 4.87. The first-order valence-corrected chi connectivity index (χ1v) is 8.53. The van der Waals surface area contributed by atoms with Gasteiger partial charge in [0.05, 0.1) is 5.92 Å². The van der Waals surface area contributed by atoms with Gasteiger partial charge < -0.3 is 10.6 Å². The van der Waals surface area contributed by atoms with Crippen molar-refractivity contribution in [1.82, 2.24) is 9.80 Å². The highest BCUT2D eigenvalue weighted by molar-refractivity contribution is 5.85. The molecular formula is C18H29Cl2N3O. The van der Waals surface area contributed by atoms with Crippen LogP contribution in [0.4, 0.5) is 0 Å². The number of hydrogen-bond donors (Lipinski definition) is 1. The molecule has 2 unspecified atom stereocenters. The molecule has 136 valence electrons. The van der Waals surface area contributed by atoms with Crippen LogP contribution in [0, 0.1) is 5.92 Å². The lowest BCUT2D eigenvalue weighted by molar-refractivity contribution is -0.138. The van der Waals surface area contributed by atoms with E-state index in [4.69, 9.17) is 5.73 Å². The van der Waals surface area contributed by atoms with Gasteiger partial charge in [0.25, 0.3) is 0 Å². The Morgan fingerprint density at radius 2 is 1.75 bits per heavy atom. The summed E-state index contributed by atoms with van der Waals surface area (Å²) >= 11 is 0. The lowest BCUT2D eigenvalue weighted by Crippen LogP contribution is -2.50. The number of nitrogens with two attached hydrogens (primary N) is 1. The lowest BCUT2D eigenvalue weighted by Gasteiger charge is -2.37. The molecule has 0 aromatic heterocycles. The van der Waals surface area contributed by atoms with Crippen LogP contribution < -0.4 is 5.73 Å². The number of nitrogens with zero attached hydrogens (tertiary/aromatic N) is 2. The highest BCUT2D eigenvalue weighted by Crippen LogP contribution is 2.22. The molecule has 6 heteroatoms. The van der Waals surface area contributed by atoms with Crippen LogP contribution in [0.2, 0.25) is 0 Å². The zero-order valence-corrected chi connectivity index (χ0v) is 15.7. The minimum absolute atomic E-state index is 0. The van der Waals surface area contributed by atoms with E-state index < -0.39 is 0 Å². The Hall–Kier alpha value is -0.810. The summed E-state index contributed by atoms with van der Waals surface area (Å²) in [6.07, 6.45) is 4.24. The topological polar surface area (TPSA) is 49.6 Å². The highest BCUT2D eigenvalue weighted by Gasteiger charge is 2.31. The Labute approximate surface area is 157 Å². The number of carbonyl (C=O) groups is 1. The molecule has 3 rings (SSSR count). The fraction of sp³-hybridized carbons (Fsp3) is 0.611. The number of halogens is 2. The molecule has 2 aliphatic rings. The van der Waals surface area contributed by atoms with Crippen molar-refractivity contribution in [1.29, 1.82) is 0 Å². The van der Waals surface area contributed by atoms with Crippen LogP contribution in [0.3, 0.4) is 0 Å². The third-order valence-electron chi connectivity index (χ3n) is 4.87. The molecule has 0 aliphatic carbocycles. The van der Waals surface area contributed by atoms with Gasteiger partial charge in [-0.2, -0.15) is 0 Å². The number of likely N-dealkylation sites (tertiary alicyclic amines) is 2. The Morgan fingerprint density at radius 1 is 1.04 bits per heavy atom. The maximum Gasteiger partial charge on any atom is 0.227 e. The molecule has 2 saturated heterocycles. The first-order chi connectivity index (χ1) is 10.7. The van der Waals surface area contributed by atoms with Crippen LogP contribution in [0.1, 0.15) is 31.2 Å². The zero-order valence-electron chi connectivity index (χ0n) is 14.1. The third kappa shape index (κ3) is 5.62. The average molecular weight is 374 g/mol. The molecule has 4 nitrogen and oxygen atoms in total. The zero-order chi connectivity index (χ0) is 15.4. The Bertz CT molecular complexity index is 500. The number of hydrogen-bond acceptors (Lipinski definition) is 3. The number of amides is 1. The fourth-order valence-electron chi connectivity index (χ4n) is 3.71. The van der Waals surface area contributed by atoms with Crippen LogP contribution in [-0.2, 0) is 11.3 Å². The summed E-state index contributed by atoms with van der Waals surface area (Å²) in [7, 11) is 0. The van der Waals surface area contributed by atoms with Crippen LogP contribution in [0.15, 0.2) is 30.3 Å². The van der Waals surface area contributed by atoms with Crippen molar-refractivity contribution in [3.8, 4) is 0 Å². The molecule has 0 spiro atoms. The van der Waals surface area contributed by atoms with Gasteiger partial charge in [-0.3, -0.25) is 9.69 Å². The van der Waals surface area contributed by atoms with E-state index in [0.29, 0.717) is 5.91 Å². The van der Waals surface area contributed by atoms with Crippen molar-refractivity contribution in [2.24, 2.45) is 11.7 Å². The van der Waals surface area contributed by atoms with E-state index in [1.165, 1.54) is 5.56 Å². The van der Waals surface area contributed by atoms with Crippen molar-refractivity contribution in [2.45, 2.75) is 38.3 Å². The number of benzene rings is 1. The van der Waals surface area contributed by atoms with Gasteiger partial charge in [-0.25, -0.2) is 0 Å². The summed E-state index contributed by atoms with van der Waals surface area (Å²) in [6.45, 7) is 4.57. The van der Waals surface area contributed by atoms with Crippen molar-refractivity contribution >= 4 is 30.7 Å². The Balaban J connectivity index is 0.00000144. The number of rotatable bonds is 3. The summed E-state index contributed by atoms with van der Waals surface area (Å²) in [6, 6.07) is 10.7. The molecule has 1 aromatic carbocycles. The van der Waals surface area contributed by atoms with Crippen molar-refractivity contribution < 1.29 is 4.79 Å². The molecule has 0 bridgehead atoms. The van der Waals surface area contributed by atoms with Crippen LogP contribution >= 0.6 is 24.8 Å². The van der Waals surface area contributed by atoms with Crippen molar-refractivity contribution in [2.75, 3.05) is 26.2 Å². The molecule has 2 aliphatic heterocycles. The minimum atomic E-state index is 0. The quantitative estimate of drug-likeness (QED) is 0.885. The standard InChI is InChI=1S/C18H27N3O.2ClH/c19-17-9-5-11-21(14-17)18(22)16-8-4-10-20(13-16)12-15-6-2-1-3-7-15;;/h1-3,6-7,16-17H,4-5,8-14,19H2;2*1H. The van der Waals surface area contributed by atoms with Gasteiger partial charge in [-0.15, -0.1) is 24.8 Å². The molecule has 2 atom stereocenters. The van der Waals surface area contributed by atoms with E-state index in [0.717, 1.165) is 58.4 Å². The van der Waals surface area contributed by atoms with Gasteiger partial charge in [0.2, 0.25) is 5.91 Å². The molecule has 0 radical (unpaired) electrons. The Kier molecular flexibility index (Phi) is 9.06. The monoisotopic (exact) mass is 373 g/mol. The van der Waals surface area contributed by atoms with E-state index >= 15 is 0 Å². The Morgan fingerprint density at radius 3 is 2.46 bits per heavy atom. The average Bonchev–Trinajstić information content (AvgIpc) is 2.55. The molecule has 0 saturated carbocycles. The van der Waals surface area contributed by atoms with Gasteiger partial charge in [-0.1, -0.05) is 30.3 Å².